The summed E-state index contributed by atoms with van der Waals surface area (Å²) in [6.07, 6.45) is 1.95. The molecule has 0 atom stereocenters. The number of morpholine rings is 1. The predicted molar refractivity (Wildman–Crippen MR) is 103 cm³/mol. The van der Waals surface area contributed by atoms with Crippen molar-refractivity contribution in [1.82, 2.24) is 4.90 Å². The third kappa shape index (κ3) is 6.17. The molecule has 1 aliphatic rings. The second-order valence-electron chi connectivity index (χ2n) is 6.40. The normalized spacial score (nSPS) is 14.8. The average molecular weight is 354 g/mol. The molecule has 1 N–H and O–H groups in total. The lowest BCUT2D eigenvalue weighted by Gasteiger charge is -2.25. The van der Waals surface area contributed by atoms with Crippen LogP contribution in [0.25, 0.3) is 0 Å². The smallest absolute Gasteiger partial charge is 0.238 e. The number of carbonyl (C=O) groups is 1. The van der Waals surface area contributed by atoms with Gasteiger partial charge in [0.05, 0.1) is 26.4 Å². The van der Waals surface area contributed by atoms with E-state index in [9.17, 15) is 4.79 Å². The van der Waals surface area contributed by atoms with Crippen LogP contribution in [0.1, 0.15) is 12.0 Å². The molecule has 0 bridgehead atoms. The first-order valence-corrected chi connectivity index (χ1v) is 9.16. The number of amides is 1. The molecule has 2 aromatic carbocycles. The van der Waals surface area contributed by atoms with Crippen LogP contribution in [0.15, 0.2) is 54.6 Å². The molecular weight excluding hydrogens is 328 g/mol. The Morgan fingerprint density at radius 3 is 2.69 bits per heavy atom. The third-order valence-electron chi connectivity index (χ3n) is 4.31. The third-order valence-corrected chi connectivity index (χ3v) is 4.31. The maximum absolute atomic E-state index is 12.2. The minimum absolute atomic E-state index is 0.00636. The van der Waals surface area contributed by atoms with E-state index in [0.29, 0.717) is 26.4 Å². The number of aryl methyl sites for hydroxylation is 1. The maximum atomic E-state index is 12.2. The fourth-order valence-corrected chi connectivity index (χ4v) is 2.94. The SMILES string of the molecule is O=C(CN1CCOCC1)Nc1cccc(OCCCc2ccccc2)c1. The van der Waals surface area contributed by atoms with Gasteiger partial charge in [-0.1, -0.05) is 36.4 Å². The molecule has 1 aliphatic heterocycles. The predicted octanol–water partition coefficient (Wildman–Crippen LogP) is 2.97. The van der Waals surface area contributed by atoms with Crippen molar-refractivity contribution in [2.45, 2.75) is 12.8 Å². The number of rotatable bonds is 8. The van der Waals surface area contributed by atoms with Gasteiger partial charge in [-0.05, 0) is 30.5 Å². The first-order chi connectivity index (χ1) is 12.8. The standard InChI is InChI=1S/C21H26N2O3/c24-21(17-23-11-14-25-15-12-23)22-19-9-4-10-20(16-19)26-13-5-8-18-6-2-1-3-7-18/h1-4,6-7,9-10,16H,5,8,11-15,17H2,(H,22,24). The Bertz CT molecular complexity index is 685. The molecule has 26 heavy (non-hydrogen) atoms. The lowest BCUT2D eigenvalue weighted by Crippen LogP contribution is -2.41. The average Bonchev–Trinajstić information content (AvgIpc) is 2.67. The number of carbonyl (C=O) groups excluding carboxylic acids is 1. The van der Waals surface area contributed by atoms with Crippen LogP contribution in [0, 0.1) is 0 Å². The van der Waals surface area contributed by atoms with Crippen LogP contribution in [0.4, 0.5) is 5.69 Å². The molecule has 138 valence electrons. The second kappa shape index (κ2) is 9.94. The van der Waals surface area contributed by atoms with Crippen LogP contribution >= 0.6 is 0 Å². The van der Waals surface area contributed by atoms with Gasteiger partial charge in [-0.3, -0.25) is 9.69 Å². The van der Waals surface area contributed by atoms with Gasteiger partial charge in [0, 0.05) is 24.8 Å². The van der Waals surface area contributed by atoms with Crippen molar-refractivity contribution in [3.63, 3.8) is 0 Å². The Labute approximate surface area is 154 Å². The largest absolute Gasteiger partial charge is 0.494 e. The highest BCUT2D eigenvalue weighted by Crippen LogP contribution is 2.18. The fraction of sp³-hybridized carbons (Fsp3) is 0.381. The molecule has 1 heterocycles. The first-order valence-electron chi connectivity index (χ1n) is 9.16. The zero-order valence-electron chi connectivity index (χ0n) is 15.0. The molecule has 1 amide bonds. The zero-order valence-corrected chi connectivity index (χ0v) is 15.0. The number of benzene rings is 2. The summed E-state index contributed by atoms with van der Waals surface area (Å²) in [6.45, 7) is 4.04. The van der Waals surface area contributed by atoms with E-state index in [1.807, 2.05) is 30.3 Å². The van der Waals surface area contributed by atoms with Crippen LogP contribution in [0.3, 0.4) is 0 Å². The summed E-state index contributed by atoms with van der Waals surface area (Å²) in [4.78, 5) is 14.3. The number of ether oxygens (including phenoxy) is 2. The van der Waals surface area contributed by atoms with E-state index in [1.54, 1.807) is 0 Å². The molecule has 3 rings (SSSR count). The Hall–Kier alpha value is -2.37. The topological polar surface area (TPSA) is 50.8 Å². The van der Waals surface area contributed by atoms with E-state index >= 15 is 0 Å². The molecule has 2 aromatic rings. The molecule has 0 radical (unpaired) electrons. The van der Waals surface area contributed by atoms with Gasteiger partial charge in [0.15, 0.2) is 0 Å². The highest BCUT2D eigenvalue weighted by atomic mass is 16.5. The fourth-order valence-electron chi connectivity index (χ4n) is 2.94. The molecule has 0 aromatic heterocycles. The van der Waals surface area contributed by atoms with Gasteiger partial charge >= 0.3 is 0 Å². The second-order valence-corrected chi connectivity index (χ2v) is 6.40. The van der Waals surface area contributed by atoms with Crippen molar-refractivity contribution in [1.29, 1.82) is 0 Å². The quantitative estimate of drug-likeness (QED) is 0.741. The summed E-state index contributed by atoms with van der Waals surface area (Å²) in [5.41, 5.74) is 2.09. The number of anilines is 1. The summed E-state index contributed by atoms with van der Waals surface area (Å²) in [7, 11) is 0. The van der Waals surface area contributed by atoms with Crippen LogP contribution in [0.5, 0.6) is 5.75 Å². The molecule has 0 unspecified atom stereocenters. The van der Waals surface area contributed by atoms with Crippen molar-refractivity contribution in [3.05, 3.63) is 60.2 Å². The number of hydrogen-bond donors (Lipinski definition) is 1. The monoisotopic (exact) mass is 354 g/mol. The summed E-state index contributed by atoms with van der Waals surface area (Å²) >= 11 is 0. The highest BCUT2D eigenvalue weighted by Gasteiger charge is 2.14. The Morgan fingerprint density at radius 2 is 1.88 bits per heavy atom. The minimum atomic E-state index is -0.00636. The molecule has 5 heteroatoms. The summed E-state index contributed by atoms with van der Waals surface area (Å²) in [5, 5.41) is 2.94. The van der Waals surface area contributed by atoms with Crippen molar-refractivity contribution in [3.8, 4) is 5.75 Å². The van der Waals surface area contributed by atoms with E-state index in [-0.39, 0.29) is 5.91 Å². The summed E-state index contributed by atoms with van der Waals surface area (Å²) in [6, 6.07) is 18.0. The number of nitrogens with one attached hydrogen (secondary N) is 1. The zero-order chi connectivity index (χ0) is 18.0. The Morgan fingerprint density at radius 1 is 1.08 bits per heavy atom. The van der Waals surface area contributed by atoms with Gasteiger partial charge in [0.2, 0.25) is 5.91 Å². The van der Waals surface area contributed by atoms with Crippen molar-refractivity contribution < 1.29 is 14.3 Å². The first kappa shape index (κ1) is 18.4. The van der Waals surface area contributed by atoms with Gasteiger partial charge in [-0.2, -0.15) is 0 Å². The molecule has 0 saturated carbocycles. The molecule has 1 fully saturated rings. The van der Waals surface area contributed by atoms with E-state index in [1.165, 1.54) is 5.56 Å². The van der Waals surface area contributed by atoms with Gasteiger partial charge in [-0.15, -0.1) is 0 Å². The lowest BCUT2D eigenvalue weighted by atomic mass is 10.1. The van der Waals surface area contributed by atoms with Crippen LogP contribution in [0.2, 0.25) is 0 Å². The molecule has 5 nitrogen and oxygen atoms in total. The summed E-state index contributed by atoms with van der Waals surface area (Å²) in [5.74, 6) is 0.773. The number of nitrogens with zero attached hydrogens (tertiary/aromatic N) is 1. The van der Waals surface area contributed by atoms with Gasteiger partial charge < -0.3 is 14.8 Å². The highest BCUT2D eigenvalue weighted by molar-refractivity contribution is 5.92. The van der Waals surface area contributed by atoms with Crippen LogP contribution in [-0.2, 0) is 16.0 Å². The molecular formula is C21H26N2O3. The van der Waals surface area contributed by atoms with E-state index in [2.05, 4.69) is 34.5 Å². The lowest BCUT2D eigenvalue weighted by molar-refractivity contribution is -0.118. The van der Waals surface area contributed by atoms with Crippen molar-refractivity contribution >= 4 is 11.6 Å². The van der Waals surface area contributed by atoms with E-state index in [4.69, 9.17) is 9.47 Å². The Kier molecular flexibility index (Phi) is 7.05. The molecule has 1 saturated heterocycles. The van der Waals surface area contributed by atoms with Crippen LogP contribution in [-0.4, -0.2) is 50.3 Å². The maximum Gasteiger partial charge on any atom is 0.238 e. The van der Waals surface area contributed by atoms with Gasteiger partial charge in [0.1, 0.15) is 5.75 Å². The van der Waals surface area contributed by atoms with Crippen LogP contribution < -0.4 is 10.1 Å². The van der Waals surface area contributed by atoms with Crippen molar-refractivity contribution in [2.24, 2.45) is 0 Å². The minimum Gasteiger partial charge on any atom is -0.494 e. The van der Waals surface area contributed by atoms with Crippen molar-refractivity contribution in [2.75, 3.05) is 44.8 Å². The Balaban J connectivity index is 1.41. The molecule has 0 aliphatic carbocycles. The summed E-state index contributed by atoms with van der Waals surface area (Å²) < 4.78 is 11.1. The van der Waals surface area contributed by atoms with E-state index in [0.717, 1.165) is 37.4 Å². The van der Waals surface area contributed by atoms with Gasteiger partial charge in [0.25, 0.3) is 0 Å². The van der Waals surface area contributed by atoms with E-state index < -0.39 is 0 Å². The van der Waals surface area contributed by atoms with Gasteiger partial charge in [-0.25, -0.2) is 0 Å². The number of hydrogen-bond acceptors (Lipinski definition) is 4. The molecule has 0 spiro atoms.